The van der Waals surface area contributed by atoms with Gasteiger partial charge >= 0.3 is 0 Å². The number of rotatable bonds is 4. The Morgan fingerprint density at radius 1 is 1.29 bits per heavy atom. The predicted octanol–water partition coefficient (Wildman–Crippen LogP) is 4.96. The van der Waals surface area contributed by atoms with Crippen molar-refractivity contribution in [2.24, 2.45) is 0 Å². The first kappa shape index (κ1) is 18.5. The Bertz CT molecular complexity index is 1230. The van der Waals surface area contributed by atoms with Gasteiger partial charge in [-0.1, -0.05) is 6.92 Å². The van der Waals surface area contributed by atoms with E-state index in [-0.39, 0.29) is 5.56 Å². The molecule has 0 saturated heterocycles. The van der Waals surface area contributed by atoms with Gasteiger partial charge < -0.3 is 4.90 Å². The van der Waals surface area contributed by atoms with Crippen molar-refractivity contribution in [1.29, 1.82) is 5.26 Å². The molecular weight excluding hydrogens is 443 g/mol. The Morgan fingerprint density at radius 3 is 2.86 bits per heavy atom. The van der Waals surface area contributed by atoms with Crippen LogP contribution in [-0.2, 0) is 6.42 Å². The highest BCUT2D eigenvalue weighted by molar-refractivity contribution is 9.10. The van der Waals surface area contributed by atoms with Gasteiger partial charge in [0, 0.05) is 18.0 Å². The Balaban J connectivity index is 1.79. The molecule has 28 heavy (non-hydrogen) atoms. The number of imidazole rings is 1. The summed E-state index contributed by atoms with van der Waals surface area (Å²) in [6.45, 7) is 2.04. The van der Waals surface area contributed by atoms with E-state index in [2.05, 4.69) is 31.0 Å². The van der Waals surface area contributed by atoms with Gasteiger partial charge in [-0.25, -0.2) is 14.4 Å². The first-order valence-corrected chi connectivity index (χ1v) is 10.1. The lowest BCUT2D eigenvalue weighted by Crippen LogP contribution is -2.14. The van der Waals surface area contributed by atoms with Crippen LogP contribution in [0.2, 0.25) is 0 Å². The van der Waals surface area contributed by atoms with E-state index in [4.69, 9.17) is 0 Å². The molecule has 0 N–H and O–H groups in total. The molecule has 0 amide bonds. The van der Waals surface area contributed by atoms with E-state index in [1.54, 1.807) is 10.6 Å². The minimum Gasteiger partial charge on any atom is -0.304 e. The largest absolute Gasteiger partial charge is 0.304 e. The highest BCUT2D eigenvalue weighted by Crippen LogP contribution is 2.34. The van der Waals surface area contributed by atoms with E-state index in [0.29, 0.717) is 15.9 Å². The van der Waals surface area contributed by atoms with Crippen molar-refractivity contribution < 1.29 is 4.39 Å². The second-order valence-corrected chi connectivity index (χ2v) is 7.69. The zero-order valence-electron chi connectivity index (χ0n) is 15.0. The second-order valence-electron chi connectivity index (χ2n) is 6.04. The Hall–Kier alpha value is -2.83. The summed E-state index contributed by atoms with van der Waals surface area (Å²) in [5.41, 5.74) is 3.15. The number of thiazole rings is 1. The van der Waals surface area contributed by atoms with Crippen molar-refractivity contribution in [3.05, 3.63) is 57.4 Å². The van der Waals surface area contributed by atoms with Gasteiger partial charge in [-0.3, -0.25) is 0 Å². The Morgan fingerprint density at radius 2 is 2.11 bits per heavy atom. The molecule has 0 atom stereocenters. The SMILES string of the molecule is CCc1nc2ccc(Br)nn2c1N(C)c1nc(-c2ccc(F)cc2C#N)cs1. The number of hydrogen-bond acceptors (Lipinski definition) is 6. The smallest absolute Gasteiger partial charge is 0.191 e. The molecule has 1 aromatic carbocycles. The monoisotopic (exact) mass is 456 g/mol. The van der Waals surface area contributed by atoms with Crippen LogP contribution in [0.1, 0.15) is 18.2 Å². The highest BCUT2D eigenvalue weighted by Gasteiger charge is 2.20. The highest BCUT2D eigenvalue weighted by atomic mass is 79.9. The fraction of sp³-hybridized carbons (Fsp3) is 0.158. The number of nitriles is 1. The van der Waals surface area contributed by atoms with Gasteiger partial charge in [0.2, 0.25) is 0 Å². The number of halogens is 2. The molecule has 0 saturated carbocycles. The molecule has 140 valence electrons. The molecule has 0 unspecified atom stereocenters. The fourth-order valence-electron chi connectivity index (χ4n) is 2.98. The lowest BCUT2D eigenvalue weighted by Gasteiger charge is -2.16. The first-order chi connectivity index (χ1) is 13.5. The summed E-state index contributed by atoms with van der Waals surface area (Å²) in [4.78, 5) is 11.3. The quantitative estimate of drug-likeness (QED) is 0.434. The van der Waals surface area contributed by atoms with Gasteiger partial charge in [0.05, 0.1) is 23.0 Å². The molecule has 0 aliphatic carbocycles. The molecule has 0 radical (unpaired) electrons. The van der Waals surface area contributed by atoms with Gasteiger partial charge in [-0.05, 0) is 52.7 Å². The molecule has 0 aliphatic rings. The molecule has 0 spiro atoms. The average Bonchev–Trinajstić information content (AvgIpc) is 3.31. The third kappa shape index (κ3) is 3.15. The molecule has 0 fully saturated rings. The van der Waals surface area contributed by atoms with E-state index in [0.717, 1.165) is 28.7 Å². The van der Waals surface area contributed by atoms with Crippen LogP contribution >= 0.6 is 27.3 Å². The maximum Gasteiger partial charge on any atom is 0.191 e. The van der Waals surface area contributed by atoms with Crippen LogP contribution in [0, 0.1) is 17.1 Å². The van der Waals surface area contributed by atoms with Gasteiger partial charge in [0.1, 0.15) is 10.4 Å². The molecule has 4 aromatic rings. The summed E-state index contributed by atoms with van der Waals surface area (Å²) < 4.78 is 15.9. The van der Waals surface area contributed by atoms with Gasteiger partial charge in [-0.2, -0.15) is 14.9 Å². The molecule has 6 nitrogen and oxygen atoms in total. The van der Waals surface area contributed by atoms with E-state index in [9.17, 15) is 9.65 Å². The van der Waals surface area contributed by atoms with Crippen LogP contribution in [0.25, 0.3) is 16.9 Å². The van der Waals surface area contributed by atoms with Crippen molar-refractivity contribution in [2.45, 2.75) is 13.3 Å². The summed E-state index contributed by atoms with van der Waals surface area (Å²) in [5.74, 6) is 0.391. The van der Waals surface area contributed by atoms with Crippen molar-refractivity contribution in [3.8, 4) is 17.3 Å². The number of aryl methyl sites for hydroxylation is 1. The number of hydrogen-bond donors (Lipinski definition) is 0. The maximum absolute atomic E-state index is 13.4. The summed E-state index contributed by atoms with van der Waals surface area (Å²) in [6, 6.07) is 9.92. The molecule has 4 rings (SSSR count). The minimum atomic E-state index is -0.442. The standard InChI is InChI=1S/C19H14BrFN6S/c1-3-14-18(27-17(23-14)7-6-16(20)25-27)26(2)19-24-15(10-28-19)13-5-4-12(21)8-11(13)9-22/h4-8,10H,3H2,1-2H3. The van der Waals surface area contributed by atoms with Crippen LogP contribution in [-0.4, -0.2) is 26.6 Å². The first-order valence-electron chi connectivity index (χ1n) is 8.45. The second kappa shape index (κ2) is 7.30. The summed E-state index contributed by atoms with van der Waals surface area (Å²) in [7, 11) is 1.91. The van der Waals surface area contributed by atoms with Crippen LogP contribution in [0.4, 0.5) is 15.3 Å². The number of anilines is 2. The summed E-state index contributed by atoms with van der Waals surface area (Å²) >= 11 is 4.84. The maximum atomic E-state index is 13.4. The topological polar surface area (TPSA) is 70.1 Å². The lowest BCUT2D eigenvalue weighted by atomic mass is 10.1. The lowest BCUT2D eigenvalue weighted by molar-refractivity contribution is 0.627. The predicted molar refractivity (Wildman–Crippen MR) is 110 cm³/mol. The molecular formula is C19H14BrFN6S. The number of nitrogens with zero attached hydrogens (tertiary/aromatic N) is 6. The number of benzene rings is 1. The van der Waals surface area contributed by atoms with Gasteiger partial charge in [0.15, 0.2) is 16.6 Å². The Labute approximate surface area is 173 Å². The number of aromatic nitrogens is 4. The van der Waals surface area contributed by atoms with E-state index >= 15 is 0 Å². The van der Waals surface area contributed by atoms with Crippen LogP contribution in [0.5, 0.6) is 0 Å². The summed E-state index contributed by atoms with van der Waals surface area (Å²) in [5, 5.41) is 16.4. The molecule has 3 heterocycles. The average molecular weight is 457 g/mol. The van der Waals surface area contributed by atoms with Crippen LogP contribution < -0.4 is 4.90 Å². The zero-order chi connectivity index (χ0) is 19.8. The molecule has 0 bridgehead atoms. The minimum absolute atomic E-state index is 0.258. The van der Waals surface area contributed by atoms with E-state index < -0.39 is 5.82 Å². The summed E-state index contributed by atoms with van der Waals surface area (Å²) in [6.07, 6.45) is 0.745. The van der Waals surface area contributed by atoms with Crippen molar-refractivity contribution in [3.63, 3.8) is 0 Å². The Kier molecular flexibility index (Phi) is 4.83. The molecule has 0 aliphatic heterocycles. The van der Waals surface area contributed by atoms with Crippen LogP contribution in [0.3, 0.4) is 0 Å². The number of fused-ring (bicyclic) bond motifs is 1. The van der Waals surface area contributed by atoms with Crippen LogP contribution in [0.15, 0.2) is 40.3 Å². The third-order valence-electron chi connectivity index (χ3n) is 4.30. The van der Waals surface area contributed by atoms with Crippen molar-refractivity contribution in [2.75, 3.05) is 11.9 Å². The van der Waals surface area contributed by atoms with E-state index in [1.165, 1.54) is 23.5 Å². The van der Waals surface area contributed by atoms with Crippen molar-refractivity contribution in [1.82, 2.24) is 19.6 Å². The molecule has 9 heteroatoms. The van der Waals surface area contributed by atoms with Crippen molar-refractivity contribution >= 4 is 43.9 Å². The zero-order valence-corrected chi connectivity index (χ0v) is 17.4. The molecule has 3 aromatic heterocycles. The normalized spacial score (nSPS) is 11.0. The van der Waals surface area contributed by atoms with Gasteiger partial charge in [0.25, 0.3) is 0 Å². The van der Waals surface area contributed by atoms with E-state index in [1.807, 2.05) is 42.5 Å². The third-order valence-corrected chi connectivity index (χ3v) is 5.64. The fourth-order valence-corrected chi connectivity index (χ4v) is 4.07. The van der Waals surface area contributed by atoms with Gasteiger partial charge in [-0.15, -0.1) is 11.3 Å².